The highest BCUT2D eigenvalue weighted by Gasteiger charge is 2.36. The molecule has 0 atom stereocenters. The molecule has 0 radical (unpaired) electrons. The first-order chi connectivity index (χ1) is 14.1. The van der Waals surface area contributed by atoms with Crippen LogP contribution in [-0.2, 0) is 40.1 Å². The third kappa shape index (κ3) is 8.41. The third-order valence-corrected chi connectivity index (χ3v) is 5.87. The highest BCUT2D eigenvalue weighted by molar-refractivity contribution is 7.99. The highest BCUT2D eigenvalue weighted by atomic mass is 35.5. The summed E-state index contributed by atoms with van der Waals surface area (Å²) in [5.74, 6) is -0.425. The van der Waals surface area contributed by atoms with Gasteiger partial charge in [0.25, 0.3) is 26.1 Å². The Kier molecular flexibility index (Phi) is 8.17. The molecule has 19 heteroatoms. The lowest BCUT2D eigenvalue weighted by atomic mass is 10.1. The van der Waals surface area contributed by atoms with Crippen molar-refractivity contribution in [3.63, 3.8) is 0 Å². The van der Waals surface area contributed by atoms with Gasteiger partial charge in [0.05, 0.1) is 47.7 Å². The Labute approximate surface area is 186 Å². The van der Waals surface area contributed by atoms with Gasteiger partial charge in [-0.3, -0.25) is 4.72 Å². The Bertz CT molecular complexity index is 1320. The summed E-state index contributed by atoms with van der Waals surface area (Å²) in [6.07, 6.45) is -2.74. The van der Waals surface area contributed by atoms with E-state index in [2.05, 4.69) is 13.6 Å². The van der Waals surface area contributed by atoms with E-state index in [4.69, 9.17) is 22.1 Å². The smallest absolute Gasteiger partial charge is 0.418 e. The number of nitrogens with zero attached hydrogens (tertiary/aromatic N) is 2. The van der Waals surface area contributed by atoms with E-state index in [1.807, 2.05) is 4.72 Å². The van der Waals surface area contributed by atoms with Crippen LogP contribution in [0.15, 0.2) is 6.07 Å². The number of sulfonamides is 1. The summed E-state index contributed by atoms with van der Waals surface area (Å²) in [7, 11) is -10.5. The number of alkyl halides is 3. The minimum absolute atomic E-state index is 0.196. The fourth-order valence-electron chi connectivity index (χ4n) is 2.03. The molecular weight excluding hydrogens is 529 g/mol. The molecule has 0 spiro atoms. The molecule has 2 aromatic rings. The summed E-state index contributed by atoms with van der Waals surface area (Å²) in [5, 5.41) is -0.853. The molecule has 0 aliphatic rings. The second-order valence-corrected chi connectivity index (χ2v) is 11.4. The average Bonchev–Trinajstić information content (AvgIpc) is 2.52. The first kappa shape index (κ1) is 27.9. The van der Waals surface area contributed by atoms with Gasteiger partial charge in [-0.05, 0) is 6.07 Å². The van der Waals surface area contributed by atoms with E-state index < -0.39 is 52.7 Å². The van der Waals surface area contributed by atoms with Crippen molar-refractivity contribution >= 4 is 64.4 Å². The summed E-state index contributed by atoms with van der Waals surface area (Å²) < 4.78 is 113. The van der Waals surface area contributed by atoms with E-state index in [1.165, 1.54) is 7.11 Å². The van der Waals surface area contributed by atoms with Crippen LogP contribution in [0, 0.1) is 0 Å². The van der Waals surface area contributed by atoms with Crippen LogP contribution < -0.4 is 15.2 Å². The molecule has 0 unspecified atom stereocenters. The van der Waals surface area contributed by atoms with Crippen LogP contribution in [-0.4, -0.2) is 61.1 Å². The molecule has 0 amide bonds. The van der Waals surface area contributed by atoms with Gasteiger partial charge in [0, 0.05) is 0 Å². The van der Waals surface area contributed by atoms with Crippen molar-refractivity contribution in [1.29, 1.82) is 0 Å². The molecule has 0 saturated heterocycles. The van der Waals surface area contributed by atoms with Crippen LogP contribution in [0.2, 0.25) is 5.02 Å². The number of rotatable bonds is 5. The predicted molar refractivity (Wildman–Crippen MR) is 110 cm³/mol. The zero-order chi connectivity index (χ0) is 25.3. The molecule has 1 aromatic heterocycles. The second-order valence-electron chi connectivity index (χ2n) is 5.95. The Hall–Kier alpha value is -2.15. The number of hydrogen-bond donors (Lipinski definition) is 2. The minimum Gasteiger partial charge on any atom is -0.478 e. The van der Waals surface area contributed by atoms with Crippen LogP contribution in [0.4, 0.5) is 24.7 Å². The molecule has 32 heavy (non-hydrogen) atoms. The van der Waals surface area contributed by atoms with Crippen LogP contribution in [0.25, 0.3) is 11.0 Å². The zero-order valence-electron chi connectivity index (χ0n) is 16.6. The summed E-state index contributed by atoms with van der Waals surface area (Å²) in [5.41, 5.74) is 3.23. The third-order valence-electron chi connectivity index (χ3n) is 2.92. The number of nitrogens with two attached hydrogens (primary N) is 1. The van der Waals surface area contributed by atoms with Crippen molar-refractivity contribution in [2.75, 3.05) is 36.3 Å². The molecule has 2 rings (SSSR count). The Morgan fingerprint density at radius 2 is 1.53 bits per heavy atom. The molecule has 3 N–H and O–H groups in total. The Morgan fingerprint density at radius 3 is 1.88 bits per heavy atom. The molecule has 0 aliphatic carbocycles. The van der Waals surface area contributed by atoms with Crippen molar-refractivity contribution in [2.45, 2.75) is 6.18 Å². The fourth-order valence-corrected chi connectivity index (χ4v) is 4.75. The maximum absolute atomic E-state index is 13.1. The topological polar surface area (TPSA) is 185 Å². The summed E-state index contributed by atoms with van der Waals surface area (Å²) in [6, 6.07) is 0.639. The molecule has 182 valence electrons. The number of anilines is 2. The molecule has 0 bridgehead atoms. The second kappa shape index (κ2) is 9.38. The maximum Gasteiger partial charge on any atom is 0.418 e. The summed E-state index contributed by atoms with van der Waals surface area (Å²) in [6.45, 7) is 0. The molecule has 1 heterocycles. The summed E-state index contributed by atoms with van der Waals surface area (Å²) >= 11 is 5.72. The molecule has 12 nitrogen and oxygen atoms in total. The van der Waals surface area contributed by atoms with Crippen LogP contribution in [0.5, 0.6) is 5.88 Å². The van der Waals surface area contributed by atoms with Crippen molar-refractivity contribution < 1.29 is 46.8 Å². The Balaban J connectivity index is 0.000000482. The van der Waals surface area contributed by atoms with Gasteiger partial charge < -0.3 is 10.5 Å². The van der Waals surface area contributed by atoms with E-state index in [0.29, 0.717) is 18.6 Å². The van der Waals surface area contributed by atoms with Crippen molar-refractivity contribution in [3.05, 3.63) is 16.7 Å². The van der Waals surface area contributed by atoms with Crippen LogP contribution in [0.3, 0.4) is 0 Å². The van der Waals surface area contributed by atoms with Crippen LogP contribution >= 0.6 is 11.6 Å². The highest BCUT2D eigenvalue weighted by Crippen LogP contribution is 2.42. The number of hydrogen-bond acceptors (Lipinski definition) is 11. The number of nitrogens with one attached hydrogen (secondary N) is 1. The lowest BCUT2D eigenvalue weighted by molar-refractivity contribution is -0.137. The van der Waals surface area contributed by atoms with Gasteiger partial charge in [-0.1, -0.05) is 11.6 Å². The van der Waals surface area contributed by atoms with Crippen molar-refractivity contribution in [2.24, 2.45) is 0 Å². The molecule has 0 saturated carbocycles. The van der Waals surface area contributed by atoms with Gasteiger partial charge in [0.1, 0.15) is 5.52 Å². The standard InChI is InChI=1S/C11H10ClF3N4O3S.C2H6O5S2/c1-22-10-9(16)18-7-5(17-10)3-4(11(13,14)15)6(12)8(7)19-23(2,20)21;1-8(3,4)7-9(2,5)6/h3,19H,1-2H3,(H2,16,18);1-2H3. The molecule has 0 aliphatic heterocycles. The Morgan fingerprint density at radius 1 is 1.03 bits per heavy atom. The predicted octanol–water partition coefficient (Wildman–Crippen LogP) is 1.19. The molecule has 1 aromatic carbocycles. The SMILES string of the molecule is COc1nc2cc(C(F)(F)F)c(Cl)c(NS(C)(=O)=O)c2nc1N.CS(=O)(=O)OS(C)(=O)=O. The van der Waals surface area contributed by atoms with E-state index >= 15 is 0 Å². The van der Waals surface area contributed by atoms with E-state index in [-0.39, 0.29) is 22.7 Å². The van der Waals surface area contributed by atoms with Crippen LogP contribution in [0.1, 0.15) is 5.56 Å². The number of halogens is 4. The zero-order valence-corrected chi connectivity index (χ0v) is 19.8. The average molecular weight is 545 g/mol. The van der Waals surface area contributed by atoms with Crippen molar-refractivity contribution in [3.8, 4) is 5.88 Å². The normalized spacial score (nSPS) is 12.8. The van der Waals surface area contributed by atoms with Gasteiger partial charge in [-0.25, -0.2) is 18.4 Å². The van der Waals surface area contributed by atoms with E-state index in [9.17, 15) is 38.4 Å². The monoisotopic (exact) mass is 544 g/mol. The largest absolute Gasteiger partial charge is 0.478 e. The van der Waals surface area contributed by atoms with Crippen molar-refractivity contribution in [1.82, 2.24) is 9.97 Å². The lowest BCUT2D eigenvalue weighted by Gasteiger charge is -2.16. The number of ether oxygens (including phenoxy) is 1. The first-order valence-corrected chi connectivity index (χ1v) is 13.5. The van der Waals surface area contributed by atoms with Gasteiger partial charge in [0.2, 0.25) is 10.0 Å². The minimum atomic E-state index is -4.82. The number of methoxy groups -OCH3 is 1. The van der Waals surface area contributed by atoms with Gasteiger partial charge in [-0.2, -0.15) is 30.0 Å². The number of aromatic nitrogens is 2. The van der Waals surface area contributed by atoms with Gasteiger partial charge in [-0.15, -0.1) is 3.63 Å². The number of nitrogen functional groups attached to an aromatic ring is 1. The van der Waals surface area contributed by atoms with E-state index in [0.717, 1.165) is 6.26 Å². The molecule has 0 fully saturated rings. The number of benzene rings is 1. The summed E-state index contributed by atoms with van der Waals surface area (Å²) in [4.78, 5) is 7.62. The molecular formula is C13H16ClF3N4O8S3. The van der Waals surface area contributed by atoms with Gasteiger partial charge in [0.15, 0.2) is 5.82 Å². The first-order valence-electron chi connectivity index (χ1n) is 7.64. The quantitative estimate of drug-likeness (QED) is 0.550. The number of fused-ring (bicyclic) bond motifs is 1. The fraction of sp³-hybridized carbons (Fsp3) is 0.385. The van der Waals surface area contributed by atoms with Gasteiger partial charge >= 0.3 is 6.18 Å². The van der Waals surface area contributed by atoms with E-state index in [1.54, 1.807) is 0 Å². The maximum atomic E-state index is 13.1. The lowest BCUT2D eigenvalue weighted by Crippen LogP contribution is -2.14.